The molecule has 0 aliphatic rings. The van der Waals surface area contributed by atoms with Crippen molar-refractivity contribution in [2.45, 2.75) is 6.61 Å². The Labute approximate surface area is 171 Å². The number of carbonyl (C=O) groups excluding carboxylic acids is 1. The molecule has 1 amide bonds. The van der Waals surface area contributed by atoms with Gasteiger partial charge >= 0.3 is 6.61 Å². The van der Waals surface area contributed by atoms with E-state index in [1.807, 2.05) is 0 Å². The van der Waals surface area contributed by atoms with Crippen molar-refractivity contribution in [3.05, 3.63) is 77.8 Å². The Morgan fingerprint density at radius 2 is 1.45 bits per heavy atom. The van der Waals surface area contributed by atoms with Crippen molar-refractivity contribution < 1.29 is 23.0 Å². The molecule has 3 aromatic rings. The summed E-state index contributed by atoms with van der Waals surface area (Å²) in [5, 5.41) is 5.96. The Morgan fingerprint density at radius 1 is 0.862 bits per heavy atom. The van der Waals surface area contributed by atoms with Gasteiger partial charge in [0.1, 0.15) is 11.5 Å². The van der Waals surface area contributed by atoms with Crippen LogP contribution in [-0.2, 0) is 4.79 Å². The van der Waals surface area contributed by atoms with Crippen LogP contribution >= 0.6 is 11.6 Å². The van der Waals surface area contributed by atoms with Gasteiger partial charge < -0.3 is 20.1 Å². The lowest BCUT2D eigenvalue weighted by atomic mass is 10.2. The molecule has 0 saturated heterocycles. The van der Waals surface area contributed by atoms with Crippen LogP contribution in [0.15, 0.2) is 72.8 Å². The summed E-state index contributed by atoms with van der Waals surface area (Å²) >= 11 is 6.12. The third-order valence-corrected chi connectivity index (χ3v) is 4.07. The minimum atomic E-state index is -2.99. The van der Waals surface area contributed by atoms with Crippen molar-refractivity contribution in [1.82, 2.24) is 0 Å². The quantitative estimate of drug-likeness (QED) is 0.486. The standard InChI is InChI=1S/C21H17ClF2N2O3/c22-14-7-1-4-10-17(14)28-18-11-5-2-8-15(18)25-13-20(27)26-16-9-3-6-12-19(16)29-21(23)24/h1-12,21,25H,13H2,(H,26,27). The summed E-state index contributed by atoms with van der Waals surface area (Å²) < 4.78 is 35.2. The second kappa shape index (κ2) is 9.75. The molecule has 2 N–H and O–H groups in total. The van der Waals surface area contributed by atoms with Crippen LogP contribution in [0.3, 0.4) is 0 Å². The minimum Gasteiger partial charge on any atom is -0.454 e. The van der Waals surface area contributed by atoms with Crippen LogP contribution in [0.25, 0.3) is 0 Å². The molecule has 0 aromatic heterocycles. The number of amides is 1. The van der Waals surface area contributed by atoms with Crippen LogP contribution in [0, 0.1) is 0 Å². The molecule has 0 bridgehead atoms. The lowest BCUT2D eigenvalue weighted by Gasteiger charge is -2.15. The number of ether oxygens (including phenoxy) is 2. The number of hydrogen-bond donors (Lipinski definition) is 2. The van der Waals surface area contributed by atoms with Crippen molar-refractivity contribution in [1.29, 1.82) is 0 Å². The summed E-state index contributed by atoms with van der Waals surface area (Å²) in [6, 6.07) is 20.0. The summed E-state index contributed by atoms with van der Waals surface area (Å²) in [7, 11) is 0. The number of hydrogen-bond acceptors (Lipinski definition) is 4. The predicted molar refractivity (Wildman–Crippen MR) is 108 cm³/mol. The number of para-hydroxylation sites is 5. The van der Waals surface area contributed by atoms with Crippen LogP contribution in [0.5, 0.6) is 17.2 Å². The molecule has 29 heavy (non-hydrogen) atoms. The SMILES string of the molecule is O=C(CNc1ccccc1Oc1ccccc1Cl)Nc1ccccc1OC(F)F. The highest BCUT2D eigenvalue weighted by Gasteiger charge is 2.12. The molecular formula is C21H17ClF2N2O3. The van der Waals surface area contributed by atoms with E-state index in [-0.39, 0.29) is 18.0 Å². The van der Waals surface area contributed by atoms with Crippen LogP contribution in [0.4, 0.5) is 20.2 Å². The first-order valence-electron chi connectivity index (χ1n) is 8.62. The van der Waals surface area contributed by atoms with Crippen molar-refractivity contribution in [3.63, 3.8) is 0 Å². The summed E-state index contributed by atoms with van der Waals surface area (Å²) in [5.74, 6) is 0.405. The number of halogens is 3. The summed E-state index contributed by atoms with van der Waals surface area (Å²) in [5.41, 5.74) is 0.722. The number of nitrogens with one attached hydrogen (secondary N) is 2. The Morgan fingerprint density at radius 3 is 2.14 bits per heavy atom. The molecule has 5 nitrogen and oxygen atoms in total. The Hall–Kier alpha value is -3.32. The number of alkyl halides is 2. The fourth-order valence-corrected chi connectivity index (χ4v) is 2.66. The lowest BCUT2D eigenvalue weighted by Crippen LogP contribution is -2.22. The van der Waals surface area contributed by atoms with Crippen LogP contribution in [-0.4, -0.2) is 19.1 Å². The maximum absolute atomic E-state index is 12.5. The maximum atomic E-state index is 12.5. The number of benzene rings is 3. The first-order valence-corrected chi connectivity index (χ1v) is 8.99. The highest BCUT2D eigenvalue weighted by molar-refractivity contribution is 6.32. The van der Waals surface area contributed by atoms with Crippen molar-refractivity contribution >= 4 is 28.9 Å². The van der Waals surface area contributed by atoms with Gasteiger partial charge in [0.2, 0.25) is 5.91 Å². The molecule has 0 fully saturated rings. The maximum Gasteiger partial charge on any atom is 0.387 e. The van der Waals surface area contributed by atoms with Gasteiger partial charge in [-0.1, -0.05) is 48.0 Å². The first kappa shape index (κ1) is 20.4. The summed E-state index contributed by atoms with van der Waals surface area (Å²) in [6.45, 7) is -3.11. The number of anilines is 2. The fraction of sp³-hybridized carbons (Fsp3) is 0.0952. The van der Waals surface area contributed by atoms with Gasteiger partial charge in [-0.05, 0) is 36.4 Å². The first-order chi connectivity index (χ1) is 14.0. The molecule has 3 aromatic carbocycles. The Kier molecular flexibility index (Phi) is 6.86. The fourth-order valence-electron chi connectivity index (χ4n) is 2.49. The largest absolute Gasteiger partial charge is 0.454 e. The molecule has 0 aliphatic heterocycles. The van der Waals surface area contributed by atoms with Crippen molar-refractivity contribution in [2.24, 2.45) is 0 Å². The number of rotatable bonds is 8. The van der Waals surface area contributed by atoms with E-state index in [0.717, 1.165) is 0 Å². The molecule has 0 aliphatic carbocycles. The molecule has 0 unspecified atom stereocenters. The smallest absolute Gasteiger partial charge is 0.387 e. The third-order valence-electron chi connectivity index (χ3n) is 3.76. The molecule has 3 rings (SSSR count). The van der Waals surface area contributed by atoms with E-state index in [1.54, 1.807) is 54.6 Å². The highest BCUT2D eigenvalue weighted by atomic mass is 35.5. The van der Waals surface area contributed by atoms with Gasteiger partial charge in [-0.3, -0.25) is 4.79 Å². The lowest BCUT2D eigenvalue weighted by molar-refractivity contribution is -0.114. The highest BCUT2D eigenvalue weighted by Crippen LogP contribution is 2.33. The van der Waals surface area contributed by atoms with E-state index in [1.165, 1.54) is 18.2 Å². The molecule has 0 radical (unpaired) electrons. The van der Waals surface area contributed by atoms with E-state index >= 15 is 0 Å². The van der Waals surface area contributed by atoms with Gasteiger partial charge in [0.05, 0.1) is 22.9 Å². The second-order valence-corrected chi connectivity index (χ2v) is 6.21. The molecule has 0 saturated carbocycles. The van der Waals surface area contributed by atoms with E-state index in [9.17, 15) is 13.6 Å². The van der Waals surface area contributed by atoms with Gasteiger partial charge in [0.25, 0.3) is 0 Å². The second-order valence-electron chi connectivity index (χ2n) is 5.81. The van der Waals surface area contributed by atoms with Gasteiger partial charge in [0.15, 0.2) is 5.75 Å². The van der Waals surface area contributed by atoms with Crippen molar-refractivity contribution in [2.75, 3.05) is 17.2 Å². The zero-order valence-corrected chi connectivity index (χ0v) is 15.8. The zero-order valence-electron chi connectivity index (χ0n) is 15.1. The topological polar surface area (TPSA) is 59.6 Å². The van der Waals surface area contributed by atoms with E-state index < -0.39 is 12.5 Å². The molecule has 8 heteroatoms. The summed E-state index contributed by atoms with van der Waals surface area (Å²) in [4.78, 5) is 12.3. The molecule has 0 heterocycles. The molecule has 0 spiro atoms. The normalized spacial score (nSPS) is 10.5. The van der Waals surface area contributed by atoms with E-state index in [2.05, 4.69) is 15.4 Å². The Balaban J connectivity index is 1.65. The monoisotopic (exact) mass is 418 g/mol. The van der Waals surface area contributed by atoms with Crippen LogP contribution in [0.1, 0.15) is 0 Å². The minimum absolute atomic E-state index is 0.113. The van der Waals surface area contributed by atoms with Gasteiger partial charge in [-0.2, -0.15) is 8.78 Å². The predicted octanol–water partition coefficient (Wildman–Crippen LogP) is 5.78. The third kappa shape index (κ3) is 5.83. The molecule has 0 atom stereocenters. The van der Waals surface area contributed by atoms with Gasteiger partial charge in [-0.25, -0.2) is 0 Å². The summed E-state index contributed by atoms with van der Waals surface area (Å²) in [6.07, 6.45) is 0. The Bertz CT molecular complexity index is 985. The molecular weight excluding hydrogens is 402 g/mol. The zero-order chi connectivity index (χ0) is 20.6. The van der Waals surface area contributed by atoms with E-state index in [4.69, 9.17) is 16.3 Å². The average molecular weight is 419 g/mol. The van der Waals surface area contributed by atoms with Crippen LogP contribution < -0.4 is 20.1 Å². The van der Waals surface area contributed by atoms with Gasteiger partial charge in [-0.15, -0.1) is 0 Å². The van der Waals surface area contributed by atoms with Gasteiger partial charge in [0, 0.05) is 0 Å². The van der Waals surface area contributed by atoms with Crippen LogP contribution in [0.2, 0.25) is 5.02 Å². The van der Waals surface area contributed by atoms with Crippen molar-refractivity contribution in [3.8, 4) is 17.2 Å². The molecule has 150 valence electrons. The average Bonchev–Trinajstić information content (AvgIpc) is 2.70. The van der Waals surface area contributed by atoms with E-state index in [0.29, 0.717) is 22.2 Å². The number of carbonyl (C=O) groups is 1.